The Bertz CT molecular complexity index is 600. The van der Waals surface area contributed by atoms with E-state index in [4.69, 9.17) is 10.8 Å². The van der Waals surface area contributed by atoms with Crippen LogP contribution in [-0.4, -0.2) is 49.0 Å². The number of primary amides is 1. The SMILES string of the molecule is NC(=O)CC1=C(CC(=O)O)S(=O)(=O)N(CCCF)C(=O)N1. The number of nitrogens with one attached hydrogen (secondary N) is 1. The van der Waals surface area contributed by atoms with Gasteiger partial charge in [0.2, 0.25) is 5.91 Å². The molecule has 21 heavy (non-hydrogen) atoms. The lowest BCUT2D eigenvalue weighted by Gasteiger charge is -2.30. The number of carboxylic acid groups (broad SMARTS) is 1. The number of urea groups is 1. The molecule has 0 aromatic heterocycles. The van der Waals surface area contributed by atoms with Gasteiger partial charge in [0.15, 0.2) is 0 Å². The summed E-state index contributed by atoms with van der Waals surface area (Å²) in [5.74, 6) is -2.39. The van der Waals surface area contributed by atoms with Crippen molar-refractivity contribution in [3.05, 3.63) is 10.6 Å². The van der Waals surface area contributed by atoms with Crippen LogP contribution in [0.2, 0.25) is 0 Å². The molecule has 0 aromatic carbocycles. The lowest BCUT2D eigenvalue weighted by molar-refractivity contribution is -0.136. The Morgan fingerprint density at radius 1 is 1.33 bits per heavy atom. The van der Waals surface area contributed by atoms with E-state index in [1.54, 1.807) is 0 Å². The molecule has 0 spiro atoms. The Kier molecular flexibility index (Phi) is 5.24. The lowest BCUT2D eigenvalue weighted by Crippen LogP contribution is -2.50. The number of rotatable bonds is 7. The van der Waals surface area contributed by atoms with Gasteiger partial charge in [0.05, 0.1) is 24.4 Å². The molecule has 0 saturated heterocycles. The van der Waals surface area contributed by atoms with Crippen LogP contribution in [0.1, 0.15) is 19.3 Å². The summed E-state index contributed by atoms with van der Waals surface area (Å²) in [5, 5.41) is 10.9. The molecular formula is C10H14FN3O6S. The molecule has 4 N–H and O–H groups in total. The summed E-state index contributed by atoms with van der Waals surface area (Å²) in [4.78, 5) is 32.8. The number of halogens is 1. The lowest BCUT2D eigenvalue weighted by atomic mass is 10.2. The number of hydrogen-bond acceptors (Lipinski definition) is 5. The summed E-state index contributed by atoms with van der Waals surface area (Å²) < 4.78 is 37.0. The average Bonchev–Trinajstić information content (AvgIpc) is 2.33. The molecule has 11 heteroatoms. The maximum Gasteiger partial charge on any atom is 0.335 e. The Hall–Kier alpha value is -2.17. The number of nitrogens with zero attached hydrogens (tertiary/aromatic N) is 1. The van der Waals surface area contributed by atoms with Crippen LogP contribution in [0.5, 0.6) is 0 Å². The second-order valence-electron chi connectivity index (χ2n) is 4.17. The Labute approximate surface area is 119 Å². The summed E-state index contributed by atoms with van der Waals surface area (Å²) in [6.07, 6.45) is -1.76. The van der Waals surface area contributed by atoms with Crippen LogP contribution in [0.25, 0.3) is 0 Å². The molecule has 0 saturated carbocycles. The number of nitrogens with two attached hydrogens (primary N) is 1. The highest BCUT2D eigenvalue weighted by Gasteiger charge is 2.39. The molecule has 1 aliphatic rings. The molecule has 3 amide bonds. The minimum absolute atomic E-state index is 0.224. The summed E-state index contributed by atoms with van der Waals surface area (Å²) in [6, 6.07) is -1.08. The number of sulfonamides is 1. The highest BCUT2D eigenvalue weighted by molar-refractivity contribution is 7.93. The average molecular weight is 323 g/mol. The van der Waals surface area contributed by atoms with Gasteiger partial charge >= 0.3 is 12.0 Å². The maximum atomic E-state index is 12.2. The van der Waals surface area contributed by atoms with Crippen LogP contribution in [0.4, 0.5) is 9.18 Å². The van der Waals surface area contributed by atoms with E-state index in [2.05, 4.69) is 5.32 Å². The zero-order valence-electron chi connectivity index (χ0n) is 10.8. The van der Waals surface area contributed by atoms with Gasteiger partial charge in [-0.2, -0.15) is 0 Å². The summed E-state index contributed by atoms with van der Waals surface area (Å²) in [6.45, 7) is -1.27. The Morgan fingerprint density at radius 2 is 1.95 bits per heavy atom. The molecule has 0 fully saturated rings. The summed E-state index contributed by atoms with van der Waals surface area (Å²) >= 11 is 0. The van der Waals surface area contributed by atoms with Crippen molar-refractivity contribution in [1.29, 1.82) is 0 Å². The molecule has 1 heterocycles. The third kappa shape index (κ3) is 3.90. The van der Waals surface area contributed by atoms with Gasteiger partial charge in [-0.15, -0.1) is 0 Å². The van der Waals surface area contributed by atoms with Crippen molar-refractivity contribution in [2.24, 2.45) is 5.73 Å². The monoisotopic (exact) mass is 323 g/mol. The predicted molar refractivity (Wildman–Crippen MR) is 67.8 cm³/mol. The molecular weight excluding hydrogens is 309 g/mol. The van der Waals surface area contributed by atoms with Crippen molar-refractivity contribution < 1.29 is 32.3 Å². The molecule has 0 unspecified atom stereocenters. The van der Waals surface area contributed by atoms with Gasteiger partial charge in [-0.1, -0.05) is 0 Å². The van der Waals surface area contributed by atoms with Gasteiger partial charge in [-0.25, -0.2) is 17.5 Å². The van der Waals surface area contributed by atoms with Crippen molar-refractivity contribution in [2.45, 2.75) is 19.3 Å². The Balaban J connectivity index is 3.29. The molecule has 0 aliphatic carbocycles. The van der Waals surface area contributed by atoms with E-state index in [0.717, 1.165) is 0 Å². The van der Waals surface area contributed by atoms with Gasteiger partial charge in [0.1, 0.15) is 0 Å². The van der Waals surface area contributed by atoms with Gasteiger partial charge < -0.3 is 16.2 Å². The molecule has 1 aliphatic heterocycles. The fraction of sp³-hybridized carbons (Fsp3) is 0.500. The topological polar surface area (TPSA) is 147 Å². The maximum absolute atomic E-state index is 12.2. The van der Waals surface area contributed by atoms with Gasteiger partial charge in [-0.3, -0.25) is 14.0 Å². The zero-order valence-corrected chi connectivity index (χ0v) is 11.7. The van der Waals surface area contributed by atoms with Crippen molar-refractivity contribution in [2.75, 3.05) is 13.2 Å². The number of carbonyl (C=O) groups is 3. The standard InChI is InChI=1S/C10H14FN3O6S/c11-2-1-3-14-10(18)13-6(4-8(12)15)7(5-9(16)17)21(14,19)20/h1-5H2,(H2,12,15)(H,13,18)(H,16,17). The number of hydrogen-bond donors (Lipinski definition) is 3. The third-order valence-electron chi connectivity index (χ3n) is 2.58. The molecule has 0 bridgehead atoms. The first kappa shape index (κ1) is 16.9. The molecule has 0 aromatic rings. The highest BCUT2D eigenvalue weighted by Crippen LogP contribution is 2.26. The number of alkyl halides is 1. The van der Waals surface area contributed by atoms with Crippen LogP contribution in [0.3, 0.4) is 0 Å². The number of carbonyl (C=O) groups excluding carboxylic acids is 2. The second kappa shape index (κ2) is 6.52. The molecule has 0 radical (unpaired) electrons. The second-order valence-corrected chi connectivity index (χ2v) is 6.05. The fourth-order valence-corrected chi connectivity index (χ4v) is 3.38. The van der Waals surface area contributed by atoms with E-state index in [0.29, 0.717) is 4.31 Å². The van der Waals surface area contributed by atoms with E-state index in [1.165, 1.54) is 0 Å². The van der Waals surface area contributed by atoms with Crippen molar-refractivity contribution in [1.82, 2.24) is 9.62 Å². The van der Waals surface area contributed by atoms with Gasteiger partial charge in [0.25, 0.3) is 10.0 Å². The van der Waals surface area contributed by atoms with Crippen molar-refractivity contribution >= 4 is 27.9 Å². The normalized spacial score (nSPS) is 17.6. The number of amides is 3. The molecule has 118 valence electrons. The first-order valence-corrected chi connectivity index (χ1v) is 7.26. The van der Waals surface area contributed by atoms with Gasteiger partial charge in [-0.05, 0) is 6.42 Å². The highest BCUT2D eigenvalue weighted by atomic mass is 32.2. The van der Waals surface area contributed by atoms with Crippen molar-refractivity contribution in [3.8, 4) is 0 Å². The number of aliphatic carboxylic acids is 1. The minimum atomic E-state index is -4.43. The molecule has 9 nitrogen and oxygen atoms in total. The fourth-order valence-electron chi connectivity index (χ4n) is 1.74. The Morgan fingerprint density at radius 3 is 2.43 bits per heavy atom. The summed E-state index contributed by atoms with van der Waals surface area (Å²) in [5.41, 5.74) is 4.57. The van der Waals surface area contributed by atoms with Crippen LogP contribution in [0, 0.1) is 0 Å². The van der Waals surface area contributed by atoms with E-state index in [1.807, 2.05) is 0 Å². The smallest absolute Gasteiger partial charge is 0.335 e. The van der Waals surface area contributed by atoms with E-state index < -0.39 is 58.9 Å². The molecule has 0 atom stereocenters. The largest absolute Gasteiger partial charge is 0.481 e. The minimum Gasteiger partial charge on any atom is -0.481 e. The van der Waals surface area contributed by atoms with Crippen molar-refractivity contribution in [3.63, 3.8) is 0 Å². The van der Waals surface area contributed by atoms with E-state index >= 15 is 0 Å². The predicted octanol–water partition coefficient (Wildman–Crippen LogP) is -0.737. The van der Waals surface area contributed by atoms with E-state index in [9.17, 15) is 27.2 Å². The van der Waals surface area contributed by atoms with Crippen LogP contribution in [0.15, 0.2) is 10.6 Å². The first-order chi connectivity index (χ1) is 9.70. The van der Waals surface area contributed by atoms with Gasteiger partial charge in [0, 0.05) is 12.2 Å². The first-order valence-electron chi connectivity index (χ1n) is 5.82. The van der Waals surface area contributed by atoms with E-state index in [-0.39, 0.29) is 12.1 Å². The third-order valence-corrected chi connectivity index (χ3v) is 4.52. The molecule has 1 rings (SSSR count). The van der Waals surface area contributed by atoms with Crippen LogP contribution < -0.4 is 11.1 Å². The summed E-state index contributed by atoms with van der Waals surface area (Å²) in [7, 11) is -4.43. The quantitative estimate of drug-likeness (QED) is 0.562. The zero-order chi connectivity index (χ0) is 16.2. The van der Waals surface area contributed by atoms with Crippen LogP contribution >= 0.6 is 0 Å². The number of carboxylic acids is 1. The van der Waals surface area contributed by atoms with Crippen LogP contribution in [-0.2, 0) is 19.6 Å².